The lowest BCUT2D eigenvalue weighted by Crippen LogP contribution is -2.26. The molecule has 0 radical (unpaired) electrons. The molecule has 1 aliphatic rings. The average Bonchev–Trinajstić information content (AvgIpc) is 2.68. The third-order valence-corrected chi connectivity index (χ3v) is 2.26. The number of hydrogen-bond donors (Lipinski definition) is 2. The number of nitrogens with two attached hydrogens (primary N) is 1. The Labute approximate surface area is 89.2 Å². The summed E-state index contributed by atoms with van der Waals surface area (Å²) < 4.78 is 0. The highest BCUT2D eigenvalue weighted by molar-refractivity contribution is 5.54. The van der Waals surface area contributed by atoms with Crippen molar-refractivity contribution in [3.05, 3.63) is 36.2 Å². The summed E-state index contributed by atoms with van der Waals surface area (Å²) in [5.41, 5.74) is 10.2. The topological polar surface area (TPSA) is 50.5 Å². The lowest BCUT2D eigenvalue weighted by atomic mass is 10.2. The fraction of sp³-hybridized carbons (Fsp3) is 0.273. The van der Waals surface area contributed by atoms with Crippen molar-refractivity contribution < 1.29 is 4.84 Å². The Morgan fingerprint density at radius 2 is 1.93 bits per heavy atom. The smallest absolute Gasteiger partial charge is 0.147 e. The van der Waals surface area contributed by atoms with Crippen LogP contribution in [0.15, 0.2) is 36.2 Å². The second kappa shape index (κ2) is 3.82. The predicted octanol–water partition coefficient (Wildman–Crippen LogP) is 2.02. The van der Waals surface area contributed by atoms with Crippen molar-refractivity contribution in [1.82, 2.24) is 5.59 Å². The first-order valence-corrected chi connectivity index (χ1v) is 4.96. The summed E-state index contributed by atoms with van der Waals surface area (Å²) in [5.74, 6) is 1.29. The zero-order valence-corrected chi connectivity index (χ0v) is 8.90. The van der Waals surface area contributed by atoms with Crippen LogP contribution in [-0.4, -0.2) is 0 Å². The second-order valence-electron chi connectivity index (χ2n) is 3.84. The molecule has 1 aliphatic heterocycles. The minimum atomic E-state index is 0.372. The molecule has 0 fully saturated rings. The van der Waals surface area contributed by atoms with Crippen LogP contribution in [0.1, 0.15) is 13.8 Å². The van der Waals surface area contributed by atoms with Crippen molar-refractivity contribution in [1.29, 1.82) is 0 Å². The Bertz CT molecular complexity index is 370. The second-order valence-corrected chi connectivity index (χ2v) is 3.84. The van der Waals surface area contributed by atoms with Gasteiger partial charge in [-0.2, -0.15) is 0 Å². The Balaban J connectivity index is 2.17. The fourth-order valence-electron chi connectivity index (χ4n) is 1.31. The van der Waals surface area contributed by atoms with E-state index in [0.29, 0.717) is 5.92 Å². The number of nitrogens with one attached hydrogen (secondary N) is 1. The van der Waals surface area contributed by atoms with Crippen LogP contribution >= 0.6 is 0 Å². The van der Waals surface area contributed by atoms with E-state index in [1.807, 2.05) is 35.5 Å². The molecular weight excluding hydrogens is 190 g/mol. The van der Waals surface area contributed by atoms with E-state index in [-0.39, 0.29) is 0 Å². The molecule has 0 bridgehead atoms. The third kappa shape index (κ3) is 2.05. The van der Waals surface area contributed by atoms with Gasteiger partial charge in [0.1, 0.15) is 5.76 Å². The molecule has 0 unspecified atom stereocenters. The molecule has 0 aromatic heterocycles. The minimum absolute atomic E-state index is 0.372. The summed E-state index contributed by atoms with van der Waals surface area (Å²) in [7, 11) is 0. The van der Waals surface area contributed by atoms with Crippen molar-refractivity contribution in [3.63, 3.8) is 0 Å². The van der Waals surface area contributed by atoms with Crippen LogP contribution in [0.5, 0.6) is 0 Å². The van der Waals surface area contributed by atoms with E-state index in [1.54, 1.807) is 0 Å². The molecule has 0 saturated heterocycles. The summed E-state index contributed by atoms with van der Waals surface area (Å²) in [6.07, 6.45) is 1.94. The molecule has 2 rings (SSSR count). The molecule has 3 N–H and O–H groups in total. The number of nitrogen functional groups attached to an aromatic ring is 1. The fourth-order valence-corrected chi connectivity index (χ4v) is 1.31. The number of hydrazine groups is 1. The summed E-state index contributed by atoms with van der Waals surface area (Å²) in [6.45, 7) is 4.17. The van der Waals surface area contributed by atoms with Gasteiger partial charge in [0.15, 0.2) is 0 Å². The molecule has 15 heavy (non-hydrogen) atoms. The van der Waals surface area contributed by atoms with Crippen LogP contribution in [0.25, 0.3) is 0 Å². The first-order valence-electron chi connectivity index (χ1n) is 4.96. The molecule has 1 aromatic rings. The van der Waals surface area contributed by atoms with Gasteiger partial charge < -0.3 is 10.6 Å². The highest BCUT2D eigenvalue weighted by Crippen LogP contribution is 2.22. The molecule has 4 heteroatoms. The first kappa shape index (κ1) is 9.86. The van der Waals surface area contributed by atoms with Gasteiger partial charge in [-0.3, -0.25) is 0 Å². The van der Waals surface area contributed by atoms with E-state index in [0.717, 1.165) is 17.1 Å². The number of rotatable bonds is 2. The van der Waals surface area contributed by atoms with Gasteiger partial charge in [0.25, 0.3) is 0 Å². The van der Waals surface area contributed by atoms with Crippen molar-refractivity contribution >= 4 is 11.4 Å². The van der Waals surface area contributed by atoms with Crippen molar-refractivity contribution in [3.8, 4) is 0 Å². The van der Waals surface area contributed by atoms with E-state index in [2.05, 4.69) is 19.4 Å². The molecule has 0 aliphatic carbocycles. The van der Waals surface area contributed by atoms with Crippen LogP contribution in [0.2, 0.25) is 0 Å². The summed E-state index contributed by atoms with van der Waals surface area (Å²) in [6, 6.07) is 7.59. The quantitative estimate of drug-likeness (QED) is 0.725. The summed E-state index contributed by atoms with van der Waals surface area (Å²) in [5, 5.41) is 1.83. The molecule has 80 valence electrons. The normalized spacial score (nSPS) is 15.4. The minimum Gasteiger partial charge on any atom is -0.399 e. The third-order valence-electron chi connectivity index (χ3n) is 2.26. The zero-order valence-electron chi connectivity index (χ0n) is 8.90. The maximum Gasteiger partial charge on any atom is 0.147 e. The van der Waals surface area contributed by atoms with Gasteiger partial charge in [-0.15, -0.1) is 0 Å². The van der Waals surface area contributed by atoms with Crippen molar-refractivity contribution in [2.45, 2.75) is 13.8 Å². The lowest BCUT2D eigenvalue weighted by Gasteiger charge is -2.13. The lowest BCUT2D eigenvalue weighted by molar-refractivity contribution is 0.112. The van der Waals surface area contributed by atoms with E-state index in [1.165, 1.54) is 0 Å². The maximum atomic E-state index is 5.62. The standard InChI is InChI=1S/C11H15N3O/c1-8(2)11-7-14(13-15-11)10-5-3-9(12)4-6-10/h3-8,13H,12H2,1-2H3. The van der Waals surface area contributed by atoms with Crippen LogP contribution in [0.3, 0.4) is 0 Å². The Morgan fingerprint density at radius 1 is 1.27 bits per heavy atom. The highest BCUT2D eigenvalue weighted by atomic mass is 16.7. The summed E-state index contributed by atoms with van der Waals surface area (Å²) in [4.78, 5) is 5.32. The van der Waals surface area contributed by atoms with Gasteiger partial charge in [0, 0.05) is 11.6 Å². The maximum absolute atomic E-state index is 5.62. The van der Waals surface area contributed by atoms with Crippen LogP contribution in [0, 0.1) is 5.92 Å². The van der Waals surface area contributed by atoms with Crippen molar-refractivity contribution in [2.75, 3.05) is 10.7 Å². The van der Waals surface area contributed by atoms with Crippen molar-refractivity contribution in [2.24, 2.45) is 5.92 Å². The molecule has 0 saturated carbocycles. The molecule has 4 nitrogen and oxygen atoms in total. The number of nitrogens with zero attached hydrogens (tertiary/aromatic N) is 1. The Hall–Kier alpha value is -1.68. The largest absolute Gasteiger partial charge is 0.399 e. The predicted molar refractivity (Wildman–Crippen MR) is 60.5 cm³/mol. The molecule has 0 spiro atoms. The van der Waals surface area contributed by atoms with Gasteiger partial charge >= 0.3 is 0 Å². The zero-order chi connectivity index (χ0) is 10.8. The average molecular weight is 205 g/mol. The van der Waals surface area contributed by atoms with Crippen LogP contribution < -0.4 is 16.3 Å². The monoisotopic (exact) mass is 205 g/mol. The molecule has 0 atom stereocenters. The van der Waals surface area contributed by atoms with E-state index in [4.69, 9.17) is 10.6 Å². The SMILES string of the molecule is CC(C)C1=CN(c2ccc(N)cc2)NO1. The number of benzene rings is 1. The Morgan fingerprint density at radius 3 is 2.47 bits per heavy atom. The molecule has 1 heterocycles. The van der Waals surface area contributed by atoms with Crippen LogP contribution in [-0.2, 0) is 4.84 Å². The van der Waals surface area contributed by atoms with Gasteiger partial charge in [-0.25, -0.2) is 5.01 Å². The molecular formula is C11H15N3O. The number of anilines is 2. The van der Waals surface area contributed by atoms with Gasteiger partial charge in [-0.1, -0.05) is 19.4 Å². The summed E-state index contributed by atoms with van der Waals surface area (Å²) >= 11 is 0. The molecule has 0 amide bonds. The van der Waals surface area contributed by atoms with Gasteiger partial charge in [-0.05, 0) is 24.3 Å². The molecule has 1 aromatic carbocycles. The van der Waals surface area contributed by atoms with Gasteiger partial charge in [0.2, 0.25) is 0 Å². The van der Waals surface area contributed by atoms with E-state index >= 15 is 0 Å². The van der Waals surface area contributed by atoms with Gasteiger partial charge in [0.05, 0.1) is 11.9 Å². The Kier molecular flexibility index (Phi) is 2.51. The van der Waals surface area contributed by atoms with E-state index < -0.39 is 0 Å². The van der Waals surface area contributed by atoms with Crippen LogP contribution in [0.4, 0.5) is 11.4 Å². The first-order chi connectivity index (χ1) is 7.16. The number of allylic oxidation sites excluding steroid dienone is 1. The highest BCUT2D eigenvalue weighted by Gasteiger charge is 2.17. The van der Waals surface area contributed by atoms with E-state index in [9.17, 15) is 0 Å². The number of hydrogen-bond acceptors (Lipinski definition) is 4.